The third-order valence-corrected chi connectivity index (χ3v) is 7.19. The molecule has 0 amide bonds. The van der Waals surface area contributed by atoms with E-state index in [0.29, 0.717) is 23.2 Å². The van der Waals surface area contributed by atoms with Gasteiger partial charge in [0.1, 0.15) is 0 Å². The molecule has 4 saturated carbocycles. The largest absolute Gasteiger partial charge is 0.481 e. The Morgan fingerprint density at radius 3 is 1.35 bits per heavy atom. The number of hydrogen-bond donors (Lipinski definition) is 6. The molecule has 4 fully saturated rings. The van der Waals surface area contributed by atoms with Crippen LogP contribution in [0.2, 0.25) is 0 Å². The summed E-state index contributed by atoms with van der Waals surface area (Å²) in [4.78, 5) is 30.0. The van der Waals surface area contributed by atoms with Crippen LogP contribution in [0, 0.1) is 27.6 Å². The maximum Gasteiger partial charge on any atom is 0.327 e. The van der Waals surface area contributed by atoms with Crippen LogP contribution in [0.15, 0.2) is 25.3 Å². The molecule has 2 unspecified atom stereocenters. The Labute approximate surface area is 201 Å². The zero-order valence-corrected chi connectivity index (χ0v) is 20.6. The molecule has 196 valence electrons. The van der Waals surface area contributed by atoms with Gasteiger partial charge in [-0.2, -0.15) is 0 Å². The topological polar surface area (TPSA) is 173 Å². The number of hydrogen-bond acceptors (Lipinski definition) is 6. The maximum atomic E-state index is 11.5. The molecule has 2 atom stereocenters. The van der Waals surface area contributed by atoms with E-state index in [1.807, 2.05) is 6.92 Å². The Bertz CT molecular complexity index is 672. The first kappa shape index (κ1) is 31.8. The molecule has 0 spiro atoms. The van der Waals surface area contributed by atoms with Crippen LogP contribution in [0.5, 0.6) is 0 Å². The molecule has 0 aromatic carbocycles. The van der Waals surface area contributed by atoms with Gasteiger partial charge in [-0.25, -0.2) is 9.59 Å². The lowest BCUT2D eigenvalue weighted by Gasteiger charge is -2.63. The van der Waals surface area contributed by atoms with E-state index < -0.39 is 23.3 Å². The first-order chi connectivity index (χ1) is 15.6. The van der Waals surface area contributed by atoms with Crippen molar-refractivity contribution in [1.29, 1.82) is 0 Å². The van der Waals surface area contributed by atoms with Crippen molar-refractivity contribution in [2.75, 3.05) is 19.8 Å². The molecule has 4 bridgehead atoms. The highest BCUT2D eigenvalue weighted by Crippen LogP contribution is 2.69. The van der Waals surface area contributed by atoms with E-state index >= 15 is 0 Å². The van der Waals surface area contributed by atoms with Crippen molar-refractivity contribution in [1.82, 2.24) is 0 Å². The Morgan fingerprint density at radius 1 is 0.824 bits per heavy atom. The van der Waals surface area contributed by atoms with Crippen molar-refractivity contribution < 1.29 is 45.0 Å². The average Bonchev–Trinajstić information content (AvgIpc) is 2.74. The van der Waals surface area contributed by atoms with Crippen LogP contribution < -0.4 is 0 Å². The fourth-order valence-corrected chi connectivity index (χ4v) is 6.17. The monoisotopic (exact) mass is 486 g/mol. The highest BCUT2D eigenvalue weighted by atomic mass is 16.4. The molecule has 34 heavy (non-hydrogen) atoms. The van der Waals surface area contributed by atoms with E-state index in [1.54, 1.807) is 0 Å². The fourth-order valence-electron chi connectivity index (χ4n) is 6.17. The molecule has 0 aromatic rings. The normalized spacial score (nSPS) is 30.2. The number of carboxylic acids is 3. The van der Waals surface area contributed by atoms with Gasteiger partial charge in [-0.15, -0.1) is 0 Å². The van der Waals surface area contributed by atoms with Crippen LogP contribution in [0.3, 0.4) is 0 Å². The van der Waals surface area contributed by atoms with Gasteiger partial charge in [-0.05, 0) is 61.7 Å². The van der Waals surface area contributed by atoms with Gasteiger partial charge in [0.2, 0.25) is 0 Å². The number of aliphatic carboxylic acids is 3. The van der Waals surface area contributed by atoms with Crippen LogP contribution >= 0.6 is 0 Å². The Hall–Kier alpha value is -2.23. The van der Waals surface area contributed by atoms with Crippen LogP contribution in [-0.4, -0.2) is 68.4 Å². The molecule has 6 N–H and O–H groups in total. The number of carboxylic acid groups (broad SMARTS) is 3. The number of rotatable bonds is 7. The van der Waals surface area contributed by atoms with E-state index in [4.69, 9.17) is 25.5 Å². The molecular weight excluding hydrogens is 444 g/mol. The van der Waals surface area contributed by atoms with Crippen LogP contribution in [0.4, 0.5) is 0 Å². The summed E-state index contributed by atoms with van der Waals surface area (Å²) in [6.45, 7) is 11.9. The molecule has 4 aliphatic rings. The van der Waals surface area contributed by atoms with E-state index in [9.17, 15) is 19.5 Å². The summed E-state index contributed by atoms with van der Waals surface area (Å²) in [6.07, 6.45) is 8.88. The molecule has 4 rings (SSSR count). The molecule has 0 aliphatic heterocycles. The third-order valence-electron chi connectivity index (χ3n) is 7.19. The minimum absolute atomic E-state index is 0.156. The first-order valence-corrected chi connectivity index (χ1v) is 11.4. The average molecular weight is 487 g/mol. The SMILES string of the molecule is C=CC(=O)O.C=CC(=O)O.CC12CC3CC(C)(C1)CC(C(=O)O)(C3)C2.CCC(CO)(CO)CO. The van der Waals surface area contributed by atoms with Gasteiger partial charge < -0.3 is 30.6 Å². The van der Waals surface area contributed by atoms with Gasteiger partial charge in [-0.3, -0.25) is 4.79 Å². The molecule has 9 nitrogen and oxygen atoms in total. The second-order valence-electron chi connectivity index (χ2n) is 10.6. The van der Waals surface area contributed by atoms with E-state index in [2.05, 4.69) is 27.0 Å². The predicted octanol–water partition coefficient (Wildman–Crippen LogP) is 2.94. The van der Waals surface area contributed by atoms with Crippen molar-refractivity contribution in [3.05, 3.63) is 25.3 Å². The third kappa shape index (κ3) is 8.85. The summed E-state index contributed by atoms with van der Waals surface area (Å²) >= 11 is 0. The number of aliphatic hydroxyl groups excluding tert-OH is 3. The maximum absolute atomic E-state index is 11.5. The first-order valence-electron chi connectivity index (χ1n) is 11.4. The van der Waals surface area contributed by atoms with Crippen LogP contribution in [0.25, 0.3) is 0 Å². The molecule has 0 radical (unpaired) electrons. The zero-order valence-electron chi connectivity index (χ0n) is 20.6. The molecule has 0 aromatic heterocycles. The van der Waals surface area contributed by atoms with Crippen molar-refractivity contribution in [3.8, 4) is 0 Å². The van der Waals surface area contributed by atoms with E-state index in [-0.39, 0.29) is 25.2 Å². The standard InChI is InChI=1S/C13H20O2.C6H14O3.2C3H4O2/c1-11-3-9-4-12(2,6-11)8-13(5-9,7-11)10(14)15;1-2-6(3-7,4-8)5-9;2*1-2-3(4)5/h9H,3-8H2,1-2H3,(H,14,15);7-9H,2-5H2,1H3;2*2H,1H2,(H,4,5). The lowest BCUT2D eigenvalue weighted by Crippen LogP contribution is -2.57. The van der Waals surface area contributed by atoms with Gasteiger partial charge in [0.15, 0.2) is 0 Å². The van der Waals surface area contributed by atoms with Crippen LogP contribution in [0.1, 0.15) is 65.7 Å². The summed E-state index contributed by atoms with van der Waals surface area (Å²) in [5, 5.41) is 50.7. The van der Waals surface area contributed by atoms with Gasteiger partial charge in [0, 0.05) is 17.6 Å². The van der Waals surface area contributed by atoms with E-state index in [1.165, 1.54) is 19.3 Å². The minimum atomic E-state index is -0.981. The summed E-state index contributed by atoms with van der Waals surface area (Å²) in [7, 11) is 0. The molecule has 9 heteroatoms. The lowest BCUT2D eigenvalue weighted by molar-refractivity contribution is -0.185. The molecular formula is C25H42O9. The van der Waals surface area contributed by atoms with Crippen molar-refractivity contribution >= 4 is 17.9 Å². The summed E-state index contributed by atoms with van der Waals surface area (Å²) in [5.41, 5.74) is -0.373. The molecule has 0 heterocycles. The van der Waals surface area contributed by atoms with Crippen molar-refractivity contribution in [2.45, 2.75) is 65.7 Å². The Kier molecular flexibility index (Phi) is 12.2. The number of carbonyl (C=O) groups is 3. The van der Waals surface area contributed by atoms with Gasteiger partial charge in [0.05, 0.1) is 25.2 Å². The van der Waals surface area contributed by atoms with Gasteiger partial charge in [-0.1, -0.05) is 33.9 Å². The second kappa shape index (κ2) is 13.0. The smallest absolute Gasteiger partial charge is 0.327 e. The van der Waals surface area contributed by atoms with E-state index in [0.717, 1.165) is 31.4 Å². The van der Waals surface area contributed by atoms with Crippen LogP contribution in [-0.2, 0) is 14.4 Å². The summed E-state index contributed by atoms with van der Waals surface area (Å²) in [5.74, 6) is -1.80. The highest BCUT2D eigenvalue weighted by molar-refractivity contribution is 5.79. The Morgan fingerprint density at radius 2 is 1.18 bits per heavy atom. The highest BCUT2D eigenvalue weighted by Gasteiger charge is 2.62. The quantitative estimate of drug-likeness (QED) is 0.296. The molecule has 0 saturated heterocycles. The summed E-state index contributed by atoms with van der Waals surface area (Å²) < 4.78 is 0. The predicted molar refractivity (Wildman–Crippen MR) is 127 cm³/mol. The van der Waals surface area contributed by atoms with Gasteiger partial charge in [0.25, 0.3) is 0 Å². The fraction of sp³-hybridized carbons (Fsp3) is 0.720. The Balaban J connectivity index is 0.000000492. The number of aliphatic hydroxyl groups is 3. The lowest BCUT2D eigenvalue weighted by atomic mass is 9.40. The van der Waals surface area contributed by atoms with Crippen molar-refractivity contribution in [2.24, 2.45) is 27.6 Å². The summed E-state index contributed by atoms with van der Waals surface area (Å²) in [6, 6.07) is 0. The molecule has 4 aliphatic carbocycles. The van der Waals surface area contributed by atoms with Gasteiger partial charge >= 0.3 is 17.9 Å². The second-order valence-corrected chi connectivity index (χ2v) is 10.6. The van der Waals surface area contributed by atoms with Crippen molar-refractivity contribution in [3.63, 3.8) is 0 Å². The minimum Gasteiger partial charge on any atom is -0.481 e. The zero-order chi connectivity index (χ0) is 26.8.